The molecule has 0 fully saturated rings. The molecule has 0 bridgehead atoms. The Labute approximate surface area is 175 Å². The summed E-state index contributed by atoms with van der Waals surface area (Å²) in [5.74, 6) is -0.134. The number of aromatic nitrogens is 1. The van der Waals surface area contributed by atoms with E-state index in [4.69, 9.17) is 16.6 Å². The number of anilines is 1. The van der Waals surface area contributed by atoms with Crippen molar-refractivity contribution in [3.63, 3.8) is 0 Å². The van der Waals surface area contributed by atoms with Gasteiger partial charge in [-0.15, -0.1) is 0 Å². The van der Waals surface area contributed by atoms with Crippen LogP contribution in [0.2, 0.25) is 5.02 Å². The number of halogens is 1. The zero-order valence-electron chi connectivity index (χ0n) is 16.4. The van der Waals surface area contributed by atoms with Crippen LogP contribution in [0.4, 0.5) is 5.69 Å². The van der Waals surface area contributed by atoms with Crippen molar-refractivity contribution in [2.75, 3.05) is 5.32 Å². The monoisotopic (exact) mass is 403 g/mol. The molecule has 29 heavy (non-hydrogen) atoms. The Kier molecular flexibility index (Phi) is 5.45. The molecule has 4 rings (SSSR count). The van der Waals surface area contributed by atoms with Crippen LogP contribution in [-0.2, 0) is 17.6 Å². The summed E-state index contributed by atoms with van der Waals surface area (Å²) < 4.78 is 0. The van der Waals surface area contributed by atoms with E-state index in [9.17, 15) is 4.79 Å². The molecule has 4 nitrogen and oxygen atoms in total. The van der Waals surface area contributed by atoms with Gasteiger partial charge in [-0.25, -0.2) is 0 Å². The molecule has 1 atom stereocenters. The van der Waals surface area contributed by atoms with Gasteiger partial charge in [0.1, 0.15) is 6.04 Å². The third-order valence-electron chi connectivity index (χ3n) is 5.15. The number of nitrogens with zero attached hydrogens (tertiary/aromatic N) is 2. The van der Waals surface area contributed by atoms with Crippen LogP contribution < -0.4 is 5.32 Å². The van der Waals surface area contributed by atoms with Gasteiger partial charge in [0.15, 0.2) is 0 Å². The van der Waals surface area contributed by atoms with E-state index < -0.39 is 6.04 Å². The second-order valence-corrected chi connectivity index (χ2v) is 7.61. The van der Waals surface area contributed by atoms with Crippen molar-refractivity contribution in [1.29, 1.82) is 0 Å². The number of benzodiazepines with no additional fused rings is 1. The first-order valence-electron chi connectivity index (χ1n) is 9.73. The normalized spacial score (nSPS) is 15.9. The molecule has 1 unspecified atom stereocenters. The van der Waals surface area contributed by atoms with E-state index in [1.54, 1.807) is 0 Å². The van der Waals surface area contributed by atoms with E-state index in [2.05, 4.69) is 23.3 Å². The topological polar surface area (TPSA) is 54.4 Å². The molecule has 2 heterocycles. The van der Waals surface area contributed by atoms with Gasteiger partial charge in [-0.2, -0.15) is 0 Å². The molecule has 3 aromatic rings. The lowest BCUT2D eigenvalue weighted by molar-refractivity contribution is -0.117. The fraction of sp³-hybridized carbons (Fsp3) is 0.208. The molecule has 5 heteroatoms. The fourth-order valence-corrected chi connectivity index (χ4v) is 3.68. The lowest BCUT2D eigenvalue weighted by atomic mass is 9.98. The number of aryl methyl sites for hydroxylation is 2. The molecule has 1 amide bonds. The highest BCUT2D eigenvalue weighted by atomic mass is 35.5. The number of aliphatic imine (C=N–C) groups is 1. The van der Waals surface area contributed by atoms with Crippen molar-refractivity contribution >= 4 is 28.9 Å². The highest BCUT2D eigenvalue weighted by molar-refractivity contribution is 6.31. The number of amides is 1. The van der Waals surface area contributed by atoms with Gasteiger partial charge in [-0.1, -0.05) is 42.8 Å². The van der Waals surface area contributed by atoms with Gasteiger partial charge in [-0.3, -0.25) is 14.8 Å². The second-order valence-electron chi connectivity index (χ2n) is 7.20. The van der Waals surface area contributed by atoms with Gasteiger partial charge in [0.2, 0.25) is 5.91 Å². The van der Waals surface area contributed by atoms with E-state index in [1.807, 2.05) is 61.7 Å². The average molecular weight is 404 g/mol. The molecule has 2 aromatic carbocycles. The Bertz CT molecular complexity index is 1090. The Balaban J connectivity index is 1.84. The predicted molar refractivity (Wildman–Crippen MR) is 118 cm³/mol. The zero-order valence-corrected chi connectivity index (χ0v) is 17.2. The van der Waals surface area contributed by atoms with E-state index in [0.29, 0.717) is 11.4 Å². The standard InChI is InChI=1S/C24H22ClN3O/c1-3-16-9-11-21-19(12-16)23(18-10-8-15(2)26-14-18)27-22(24(29)28-21)13-17-6-4-5-7-20(17)25/h4-12,14,22H,3,13H2,1-2H3,(H,28,29). The summed E-state index contributed by atoms with van der Waals surface area (Å²) in [6, 6.07) is 17.1. The molecular formula is C24H22ClN3O. The van der Waals surface area contributed by atoms with Crippen LogP contribution in [0.15, 0.2) is 65.8 Å². The number of pyridine rings is 1. The van der Waals surface area contributed by atoms with Crippen LogP contribution in [0.3, 0.4) is 0 Å². The first-order chi connectivity index (χ1) is 14.0. The van der Waals surface area contributed by atoms with Gasteiger partial charge in [0.05, 0.1) is 11.4 Å². The minimum atomic E-state index is -0.580. The number of hydrogen-bond acceptors (Lipinski definition) is 3. The number of carbonyl (C=O) groups is 1. The summed E-state index contributed by atoms with van der Waals surface area (Å²) in [4.78, 5) is 22.4. The second kappa shape index (κ2) is 8.18. The summed E-state index contributed by atoms with van der Waals surface area (Å²) in [6.07, 6.45) is 3.16. The van der Waals surface area contributed by atoms with Gasteiger partial charge >= 0.3 is 0 Å². The number of nitrogens with one attached hydrogen (secondary N) is 1. The molecule has 1 aromatic heterocycles. The van der Waals surface area contributed by atoms with Crippen molar-refractivity contribution in [2.45, 2.75) is 32.7 Å². The van der Waals surface area contributed by atoms with Crippen molar-refractivity contribution in [2.24, 2.45) is 4.99 Å². The summed E-state index contributed by atoms with van der Waals surface area (Å²) in [5.41, 5.74) is 6.39. The Morgan fingerprint density at radius 3 is 2.66 bits per heavy atom. The molecular weight excluding hydrogens is 382 g/mol. The third kappa shape index (κ3) is 4.08. The molecule has 0 radical (unpaired) electrons. The molecule has 0 aliphatic carbocycles. The molecule has 1 aliphatic rings. The van der Waals surface area contributed by atoms with Crippen LogP contribution in [0, 0.1) is 6.92 Å². The predicted octanol–water partition coefficient (Wildman–Crippen LogP) is 5.01. The third-order valence-corrected chi connectivity index (χ3v) is 5.52. The number of rotatable bonds is 4. The van der Waals surface area contributed by atoms with E-state index in [0.717, 1.165) is 40.2 Å². The van der Waals surface area contributed by atoms with Crippen LogP contribution in [0.5, 0.6) is 0 Å². The SMILES string of the molecule is CCc1ccc2c(c1)C(c1ccc(C)nc1)=NC(Cc1ccccc1Cl)C(=O)N2. The van der Waals surface area contributed by atoms with Crippen LogP contribution in [0.25, 0.3) is 0 Å². The largest absolute Gasteiger partial charge is 0.324 e. The molecule has 1 aliphatic heterocycles. The summed E-state index contributed by atoms with van der Waals surface area (Å²) in [7, 11) is 0. The molecule has 0 saturated heterocycles. The van der Waals surface area contributed by atoms with Crippen molar-refractivity contribution < 1.29 is 4.79 Å². The van der Waals surface area contributed by atoms with Crippen molar-refractivity contribution in [3.8, 4) is 0 Å². The molecule has 146 valence electrons. The Hall–Kier alpha value is -2.98. The first-order valence-corrected chi connectivity index (χ1v) is 10.1. The van der Waals surface area contributed by atoms with Crippen LogP contribution in [-0.4, -0.2) is 22.6 Å². The number of fused-ring (bicyclic) bond motifs is 1. The van der Waals surface area contributed by atoms with Crippen molar-refractivity contribution in [3.05, 3.63) is 93.8 Å². The highest BCUT2D eigenvalue weighted by Gasteiger charge is 2.27. The molecule has 0 spiro atoms. The zero-order chi connectivity index (χ0) is 20.4. The van der Waals surface area contributed by atoms with Gasteiger partial charge in [0.25, 0.3) is 0 Å². The summed E-state index contributed by atoms with van der Waals surface area (Å²) in [5, 5.41) is 3.70. The maximum Gasteiger partial charge on any atom is 0.249 e. The number of benzene rings is 2. The Morgan fingerprint density at radius 2 is 1.93 bits per heavy atom. The van der Waals surface area contributed by atoms with E-state index in [-0.39, 0.29) is 5.91 Å². The van der Waals surface area contributed by atoms with Gasteiger partial charge < -0.3 is 5.32 Å². The average Bonchev–Trinajstić information content (AvgIpc) is 2.86. The quantitative estimate of drug-likeness (QED) is 0.665. The number of hydrogen-bond donors (Lipinski definition) is 1. The van der Waals surface area contributed by atoms with Crippen LogP contribution >= 0.6 is 11.6 Å². The van der Waals surface area contributed by atoms with Gasteiger partial charge in [0, 0.05) is 34.5 Å². The van der Waals surface area contributed by atoms with E-state index >= 15 is 0 Å². The lowest BCUT2D eigenvalue weighted by Gasteiger charge is -2.12. The Morgan fingerprint density at radius 1 is 1.10 bits per heavy atom. The minimum Gasteiger partial charge on any atom is -0.324 e. The maximum atomic E-state index is 13.0. The molecule has 1 N–H and O–H groups in total. The minimum absolute atomic E-state index is 0.134. The first kappa shape index (κ1) is 19.3. The smallest absolute Gasteiger partial charge is 0.249 e. The maximum absolute atomic E-state index is 13.0. The summed E-state index contributed by atoms with van der Waals surface area (Å²) in [6.45, 7) is 4.06. The summed E-state index contributed by atoms with van der Waals surface area (Å²) >= 11 is 6.34. The van der Waals surface area contributed by atoms with Crippen LogP contribution in [0.1, 0.15) is 34.9 Å². The van der Waals surface area contributed by atoms with Crippen molar-refractivity contribution in [1.82, 2.24) is 4.98 Å². The molecule has 0 saturated carbocycles. The highest BCUT2D eigenvalue weighted by Crippen LogP contribution is 2.27. The lowest BCUT2D eigenvalue weighted by Crippen LogP contribution is -2.27. The number of carbonyl (C=O) groups excluding carboxylic acids is 1. The van der Waals surface area contributed by atoms with Gasteiger partial charge in [-0.05, 0) is 54.8 Å². The van der Waals surface area contributed by atoms with E-state index in [1.165, 1.54) is 5.56 Å². The fourth-order valence-electron chi connectivity index (χ4n) is 3.46.